The molecule has 0 aliphatic rings. The van der Waals surface area contributed by atoms with Gasteiger partial charge < -0.3 is 0 Å². The highest BCUT2D eigenvalue weighted by atomic mass is 19.1. The lowest BCUT2D eigenvalue weighted by Gasteiger charge is -2.06. The first-order valence-electron chi connectivity index (χ1n) is 5.59. The van der Waals surface area contributed by atoms with Crippen LogP contribution in [0.5, 0.6) is 0 Å². The molecule has 0 bridgehead atoms. The van der Waals surface area contributed by atoms with Crippen LogP contribution in [-0.2, 0) is 0 Å². The molecule has 0 fully saturated rings. The van der Waals surface area contributed by atoms with E-state index >= 15 is 0 Å². The lowest BCUT2D eigenvalue weighted by molar-refractivity contribution is 0.112. The number of rotatable bonds is 5. The van der Waals surface area contributed by atoms with Gasteiger partial charge in [0.1, 0.15) is 5.82 Å². The normalized spacial score (nSPS) is 12.1. The zero-order valence-electron chi connectivity index (χ0n) is 10.1. The number of aldehydes is 1. The van der Waals surface area contributed by atoms with Gasteiger partial charge in [0, 0.05) is 13.3 Å². The van der Waals surface area contributed by atoms with Crippen LogP contribution in [-0.4, -0.2) is 19.5 Å². The van der Waals surface area contributed by atoms with E-state index in [1.807, 2.05) is 6.08 Å². The minimum atomic E-state index is -0.479. The molecule has 0 radical (unpaired) electrons. The van der Waals surface area contributed by atoms with Crippen molar-refractivity contribution < 1.29 is 9.18 Å². The molecule has 0 spiro atoms. The van der Waals surface area contributed by atoms with Crippen LogP contribution >= 0.6 is 0 Å². The van der Waals surface area contributed by atoms with Gasteiger partial charge >= 0.3 is 0 Å². The predicted octanol–water partition coefficient (Wildman–Crippen LogP) is 3.52. The molecule has 1 aromatic carbocycles. The molecule has 0 N–H and O–H groups in total. The number of nitrogens with zero attached hydrogens (tertiary/aromatic N) is 1. The third kappa shape index (κ3) is 3.63. The zero-order valence-corrected chi connectivity index (χ0v) is 10.1. The summed E-state index contributed by atoms with van der Waals surface area (Å²) in [6.45, 7) is 2.06. The van der Waals surface area contributed by atoms with E-state index < -0.39 is 5.82 Å². The van der Waals surface area contributed by atoms with Crippen LogP contribution in [0, 0.1) is 5.82 Å². The minimum Gasteiger partial charge on any atom is -0.298 e. The summed E-state index contributed by atoms with van der Waals surface area (Å²) < 4.78 is 13.5. The molecule has 0 aliphatic carbocycles. The Morgan fingerprint density at radius 2 is 2.24 bits per heavy atom. The van der Waals surface area contributed by atoms with Crippen LogP contribution in [0.15, 0.2) is 29.3 Å². The van der Waals surface area contributed by atoms with Crippen LogP contribution in [0.3, 0.4) is 0 Å². The first-order valence-corrected chi connectivity index (χ1v) is 5.59. The minimum absolute atomic E-state index is 0.0914. The molecule has 0 unspecified atom stereocenters. The maximum atomic E-state index is 13.5. The van der Waals surface area contributed by atoms with Gasteiger partial charge in [0.2, 0.25) is 0 Å². The Bertz CT molecular complexity index is 450. The Morgan fingerprint density at radius 3 is 2.76 bits per heavy atom. The van der Waals surface area contributed by atoms with Crippen molar-refractivity contribution in [2.75, 3.05) is 7.05 Å². The molecule has 1 aromatic rings. The third-order valence-corrected chi connectivity index (χ3v) is 2.44. The van der Waals surface area contributed by atoms with Crippen LogP contribution in [0.4, 0.5) is 4.39 Å². The quantitative estimate of drug-likeness (QED) is 0.565. The average molecular weight is 233 g/mol. The summed E-state index contributed by atoms with van der Waals surface area (Å²) in [7, 11) is 1.69. The van der Waals surface area contributed by atoms with Gasteiger partial charge in [-0.3, -0.25) is 9.79 Å². The van der Waals surface area contributed by atoms with Crippen molar-refractivity contribution in [2.45, 2.75) is 19.8 Å². The first kappa shape index (κ1) is 13.3. The van der Waals surface area contributed by atoms with Crippen molar-refractivity contribution in [1.82, 2.24) is 0 Å². The summed E-state index contributed by atoms with van der Waals surface area (Å²) in [6, 6.07) is 4.66. The SMILES string of the molecule is CCC/C(=C\C=NC)c1ccc(C=O)c(F)c1. The Balaban J connectivity index is 3.10. The molecule has 2 nitrogen and oxygen atoms in total. The van der Waals surface area contributed by atoms with E-state index in [1.165, 1.54) is 12.1 Å². The van der Waals surface area contributed by atoms with Crippen LogP contribution in [0.1, 0.15) is 35.7 Å². The fraction of sp³-hybridized carbons (Fsp3) is 0.286. The van der Waals surface area contributed by atoms with E-state index in [4.69, 9.17) is 0 Å². The molecular formula is C14H16FNO. The number of carbonyl (C=O) groups excluding carboxylic acids is 1. The molecule has 17 heavy (non-hydrogen) atoms. The molecule has 0 heterocycles. The highest BCUT2D eigenvalue weighted by Gasteiger charge is 2.05. The zero-order chi connectivity index (χ0) is 12.7. The average Bonchev–Trinajstić information content (AvgIpc) is 2.34. The number of allylic oxidation sites excluding steroid dienone is 2. The summed E-state index contributed by atoms with van der Waals surface area (Å²) in [5, 5.41) is 0. The van der Waals surface area contributed by atoms with Crippen molar-refractivity contribution in [1.29, 1.82) is 0 Å². The second-order valence-corrected chi connectivity index (χ2v) is 3.70. The lowest BCUT2D eigenvalue weighted by Crippen LogP contribution is -1.92. The maximum absolute atomic E-state index is 13.5. The molecule has 0 aliphatic heterocycles. The largest absolute Gasteiger partial charge is 0.298 e. The summed E-state index contributed by atoms with van der Waals surface area (Å²) >= 11 is 0. The first-order chi connectivity index (χ1) is 8.22. The molecule has 0 aromatic heterocycles. The monoisotopic (exact) mass is 233 g/mol. The molecule has 0 amide bonds. The fourth-order valence-electron chi connectivity index (χ4n) is 1.58. The second kappa shape index (κ2) is 6.74. The van der Waals surface area contributed by atoms with E-state index in [0.717, 1.165) is 24.0 Å². The maximum Gasteiger partial charge on any atom is 0.152 e. The van der Waals surface area contributed by atoms with E-state index in [9.17, 15) is 9.18 Å². The number of carbonyl (C=O) groups is 1. The fourth-order valence-corrected chi connectivity index (χ4v) is 1.58. The molecular weight excluding hydrogens is 217 g/mol. The standard InChI is InChI=1S/C14H16FNO/c1-3-4-11(7-8-16-2)12-5-6-13(10-17)14(15)9-12/h5-10H,3-4H2,1-2H3/b11-7+,16-8?. The van der Waals surface area contributed by atoms with Crippen LogP contribution in [0.25, 0.3) is 5.57 Å². The number of hydrogen-bond acceptors (Lipinski definition) is 2. The van der Waals surface area contributed by atoms with Crippen molar-refractivity contribution in [3.8, 4) is 0 Å². The van der Waals surface area contributed by atoms with Crippen molar-refractivity contribution >= 4 is 18.1 Å². The molecule has 0 saturated heterocycles. The van der Waals surface area contributed by atoms with Crippen LogP contribution < -0.4 is 0 Å². The molecule has 0 atom stereocenters. The topological polar surface area (TPSA) is 29.4 Å². The molecule has 90 valence electrons. The van der Waals surface area contributed by atoms with E-state index in [1.54, 1.807) is 19.3 Å². The Kier molecular flexibility index (Phi) is 5.27. The van der Waals surface area contributed by atoms with Gasteiger partial charge in [0.25, 0.3) is 0 Å². The highest BCUT2D eigenvalue weighted by Crippen LogP contribution is 2.21. The molecule has 1 rings (SSSR count). The lowest BCUT2D eigenvalue weighted by atomic mass is 10.00. The summed E-state index contributed by atoms with van der Waals surface area (Å²) in [5.74, 6) is -0.479. The van der Waals surface area contributed by atoms with Gasteiger partial charge in [-0.1, -0.05) is 19.4 Å². The van der Waals surface area contributed by atoms with Gasteiger partial charge in [-0.25, -0.2) is 4.39 Å². The van der Waals surface area contributed by atoms with Crippen molar-refractivity contribution in [3.05, 3.63) is 41.2 Å². The number of aliphatic imine (C=N–C) groups is 1. The second-order valence-electron chi connectivity index (χ2n) is 3.70. The van der Waals surface area contributed by atoms with E-state index in [0.29, 0.717) is 6.29 Å². The number of benzene rings is 1. The summed E-state index contributed by atoms with van der Waals surface area (Å²) in [4.78, 5) is 14.4. The van der Waals surface area contributed by atoms with E-state index in [2.05, 4.69) is 11.9 Å². The summed E-state index contributed by atoms with van der Waals surface area (Å²) in [5.41, 5.74) is 1.91. The Morgan fingerprint density at radius 1 is 1.47 bits per heavy atom. The van der Waals surface area contributed by atoms with Crippen molar-refractivity contribution in [2.24, 2.45) is 4.99 Å². The van der Waals surface area contributed by atoms with Gasteiger partial charge in [-0.05, 0) is 35.8 Å². The Hall–Kier alpha value is -1.77. The molecule has 3 heteroatoms. The van der Waals surface area contributed by atoms with Gasteiger partial charge in [-0.15, -0.1) is 0 Å². The summed E-state index contributed by atoms with van der Waals surface area (Å²) in [6.07, 6.45) is 5.91. The number of halogens is 1. The highest BCUT2D eigenvalue weighted by molar-refractivity contribution is 5.85. The predicted molar refractivity (Wildman–Crippen MR) is 69.1 cm³/mol. The Labute approximate surface area is 101 Å². The van der Waals surface area contributed by atoms with Gasteiger partial charge in [0.15, 0.2) is 6.29 Å². The van der Waals surface area contributed by atoms with Gasteiger partial charge in [0.05, 0.1) is 5.56 Å². The smallest absolute Gasteiger partial charge is 0.152 e. The van der Waals surface area contributed by atoms with E-state index in [-0.39, 0.29) is 5.56 Å². The molecule has 0 saturated carbocycles. The van der Waals surface area contributed by atoms with Gasteiger partial charge in [-0.2, -0.15) is 0 Å². The van der Waals surface area contributed by atoms with Crippen molar-refractivity contribution in [3.63, 3.8) is 0 Å². The number of hydrogen-bond donors (Lipinski definition) is 0. The third-order valence-electron chi connectivity index (χ3n) is 2.44. The van der Waals surface area contributed by atoms with Crippen LogP contribution in [0.2, 0.25) is 0 Å².